The maximum atomic E-state index is 14.1. The first-order chi connectivity index (χ1) is 11.5. The van der Waals surface area contributed by atoms with Gasteiger partial charge in [0.2, 0.25) is 5.91 Å². The predicted octanol–water partition coefficient (Wildman–Crippen LogP) is 2.94. The summed E-state index contributed by atoms with van der Waals surface area (Å²) in [6.45, 7) is 7.21. The highest BCUT2D eigenvalue weighted by Crippen LogP contribution is 2.31. The van der Waals surface area contributed by atoms with Crippen LogP contribution in [-0.4, -0.2) is 40.3 Å². The number of morpholine rings is 1. The molecule has 1 atom stereocenters. The molecule has 1 unspecified atom stereocenters. The first-order valence-corrected chi connectivity index (χ1v) is 8.22. The van der Waals surface area contributed by atoms with Crippen LogP contribution in [0.15, 0.2) is 24.3 Å². The van der Waals surface area contributed by atoms with E-state index in [-0.39, 0.29) is 17.8 Å². The molecule has 1 fully saturated rings. The number of nitrogens with zero attached hydrogens (tertiary/aromatic N) is 3. The normalized spacial score (nSPS) is 18.0. The van der Waals surface area contributed by atoms with Crippen LogP contribution in [0.3, 0.4) is 0 Å². The average Bonchev–Trinajstić information content (AvgIpc) is 2.89. The lowest BCUT2D eigenvalue weighted by molar-refractivity contribution is -0.139. The summed E-state index contributed by atoms with van der Waals surface area (Å²) in [6.07, 6.45) is 0.454. The molecule has 1 aliphatic rings. The number of para-hydroxylation sites is 1. The fourth-order valence-electron chi connectivity index (χ4n) is 3.34. The molecular weight excluding hydrogens is 309 g/mol. The number of rotatable bonds is 3. The van der Waals surface area contributed by atoms with Crippen LogP contribution in [0.25, 0.3) is 5.69 Å². The van der Waals surface area contributed by atoms with Gasteiger partial charge in [-0.3, -0.25) is 4.79 Å². The summed E-state index contributed by atoms with van der Waals surface area (Å²) in [7, 11) is 0. The number of benzene rings is 1. The Hall–Kier alpha value is -2.21. The Labute approximate surface area is 141 Å². The van der Waals surface area contributed by atoms with Gasteiger partial charge in [-0.25, -0.2) is 9.07 Å². The van der Waals surface area contributed by atoms with E-state index in [0.29, 0.717) is 31.9 Å². The van der Waals surface area contributed by atoms with E-state index < -0.39 is 0 Å². The van der Waals surface area contributed by atoms with Crippen LogP contribution in [-0.2, 0) is 9.53 Å². The molecule has 0 aliphatic carbocycles. The van der Waals surface area contributed by atoms with Crippen LogP contribution in [0.5, 0.6) is 0 Å². The highest BCUT2D eigenvalue weighted by molar-refractivity contribution is 5.76. The molecule has 0 spiro atoms. The van der Waals surface area contributed by atoms with Crippen molar-refractivity contribution in [3.63, 3.8) is 0 Å². The third-order valence-corrected chi connectivity index (χ3v) is 4.51. The van der Waals surface area contributed by atoms with E-state index in [0.717, 1.165) is 17.0 Å². The van der Waals surface area contributed by atoms with Crippen LogP contribution < -0.4 is 0 Å². The number of amides is 1. The largest absolute Gasteiger partial charge is 0.377 e. The second-order valence-electron chi connectivity index (χ2n) is 5.98. The minimum Gasteiger partial charge on any atom is -0.377 e. The lowest BCUT2D eigenvalue weighted by Crippen LogP contribution is -2.43. The van der Waals surface area contributed by atoms with Gasteiger partial charge >= 0.3 is 0 Å². The molecule has 2 heterocycles. The van der Waals surface area contributed by atoms with Crippen molar-refractivity contribution >= 4 is 5.91 Å². The highest BCUT2D eigenvalue weighted by atomic mass is 19.1. The molecule has 24 heavy (non-hydrogen) atoms. The molecule has 0 N–H and O–H groups in total. The summed E-state index contributed by atoms with van der Waals surface area (Å²) in [5.41, 5.74) is 2.98. The van der Waals surface area contributed by atoms with Crippen molar-refractivity contribution in [1.82, 2.24) is 14.7 Å². The second kappa shape index (κ2) is 6.73. The third kappa shape index (κ3) is 2.82. The van der Waals surface area contributed by atoms with E-state index >= 15 is 0 Å². The zero-order valence-electron chi connectivity index (χ0n) is 14.3. The van der Waals surface area contributed by atoms with Gasteiger partial charge in [-0.05, 0) is 26.0 Å². The van der Waals surface area contributed by atoms with Crippen LogP contribution >= 0.6 is 0 Å². The Morgan fingerprint density at radius 2 is 2.12 bits per heavy atom. The molecule has 1 saturated heterocycles. The molecule has 1 aliphatic heterocycles. The van der Waals surface area contributed by atoms with E-state index in [1.54, 1.807) is 22.9 Å². The van der Waals surface area contributed by atoms with Crippen LogP contribution in [0, 0.1) is 19.7 Å². The first kappa shape index (κ1) is 16.6. The van der Waals surface area contributed by atoms with E-state index in [1.165, 1.54) is 6.07 Å². The van der Waals surface area contributed by atoms with Gasteiger partial charge in [-0.15, -0.1) is 0 Å². The number of aryl methyl sites for hydroxylation is 1. The number of carbonyl (C=O) groups excluding carboxylic acids is 1. The van der Waals surface area contributed by atoms with E-state index in [2.05, 4.69) is 5.10 Å². The van der Waals surface area contributed by atoms with Crippen molar-refractivity contribution in [2.24, 2.45) is 0 Å². The molecule has 0 saturated carbocycles. The lowest BCUT2D eigenvalue weighted by atomic mass is 10.0. The van der Waals surface area contributed by atoms with E-state index in [1.807, 2.05) is 25.7 Å². The smallest absolute Gasteiger partial charge is 0.222 e. The zero-order valence-corrected chi connectivity index (χ0v) is 14.3. The van der Waals surface area contributed by atoms with Gasteiger partial charge in [-0.1, -0.05) is 19.1 Å². The molecule has 1 amide bonds. The molecule has 0 bridgehead atoms. The van der Waals surface area contributed by atoms with Crippen molar-refractivity contribution in [2.45, 2.75) is 33.2 Å². The SMILES string of the molecule is CCC(=O)N1CCOCC1c1c(C)nn(-c2ccccc2F)c1C. The lowest BCUT2D eigenvalue weighted by Gasteiger charge is -2.36. The van der Waals surface area contributed by atoms with Gasteiger partial charge in [0.15, 0.2) is 0 Å². The maximum Gasteiger partial charge on any atom is 0.222 e. The Bertz CT molecular complexity index is 757. The minimum atomic E-state index is -0.323. The Morgan fingerprint density at radius 3 is 2.83 bits per heavy atom. The first-order valence-electron chi connectivity index (χ1n) is 8.22. The van der Waals surface area contributed by atoms with Crippen LogP contribution in [0.2, 0.25) is 0 Å². The van der Waals surface area contributed by atoms with Crippen LogP contribution in [0.4, 0.5) is 4.39 Å². The van der Waals surface area contributed by atoms with E-state index in [4.69, 9.17) is 4.74 Å². The Morgan fingerprint density at radius 1 is 1.38 bits per heavy atom. The van der Waals surface area contributed by atoms with Crippen molar-refractivity contribution in [3.05, 3.63) is 47.0 Å². The van der Waals surface area contributed by atoms with Gasteiger partial charge in [0, 0.05) is 24.2 Å². The summed E-state index contributed by atoms with van der Waals surface area (Å²) in [5, 5.41) is 4.52. The van der Waals surface area contributed by atoms with Crippen molar-refractivity contribution in [3.8, 4) is 5.69 Å². The fourth-order valence-corrected chi connectivity index (χ4v) is 3.34. The maximum absolute atomic E-state index is 14.1. The monoisotopic (exact) mass is 331 g/mol. The quantitative estimate of drug-likeness (QED) is 0.869. The number of hydrogen-bond donors (Lipinski definition) is 0. The topological polar surface area (TPSA) is 47.4 Å². The van der Waals surface area contributed by atoms with Crippen molar-refractivity contribution in [1.29, 1.82) is 0 Å². The van der Waals surface area contributed by atoms with Crippen molar-refractivity contribution in [2.75, 3.05) is 19.8 Å². The summed E-state index contributed by atoms with van der Waals surface area (Å²) in [5.74, 6) is -0.225. The number of aromatic nitrogens is 2. The Balaban J connectivity index is 2.05. The molecule has 128 valence electrons. The van der Waals surface area contributed by atoms with Gasteiger partial charge in [0.05, 0.1) is 24.9 Å². The van der Waals surface area contributed by atoms with Gasteiger partial charge in [0.25, 0.3) is 0 Å². The van der Waals surface area contributed by atoms with Crippen molar-refractivity contribution < 1.29 is 13.9 Å². The molecule has 5 nitrogen and oxygen atoms in total. The molecule has 0 radical (unpaired) electrons. The van der Waals surface area contributed by atoms with Gasteiger partial charge in [0.1, 0.15) is 11.5 Å². The minimum absolute atomic E-state index is 0.0979. The molecule has 1 aromatic heterocycles. The van der Waals surface area contributed by atoms with Gasteiger partial charge < -0.3 is 9.64 Å². The average molecular weight is 331 g/mol. The number of ether oxygens (including phenoxy) is 1. The number of halogens is 1. The molecule has 3 rings (SSSR count). The molecule has 1 aromatic carbocycles. The third-order valence-electron chi connectivity index (χ3n) is 4.51. The molecule has 2 aromatic rings. The van der Waals surface area contributed by atoms with E-state index in [9.17, 15) is 9.18 Å². The molecule has 6 heteroatoms. The van der Waals surface area contributed by atoms with Crippen LogP contribution in [0.1, 0.15) is 36.3 Å². The predicted molar refractivity (Wildman–Crippen MR) is 88.6 cm³/mol. The Kier molecular flexibility index (Phi) is 4.66. The number of hydrogen-bond acceptors (Lipinski definition) is 3. The summed E-state index contributed by atoms with van der Waals surface area (Å²) < 4.78 is 21.4. The summed E-state index contributed by atoms with van der Waals surface area (Å²) in [6, 6.07) is 6.38. The summed E-state index contributed by atoms with van der Waals surface area (Å²) in [4.78, 5) is 14.1. The second-order valence-corrected chi connectivity index (χ2v) is 5.98. The summed E-state index contributed by atoms with van der Waals surface area (Å²) >= 11 is 0. The van der Waals surface area contributed by atoms with Gasteiger partial charge in [-0.2, -0.15) is 5.10 Å². The highest BCUT2D eigenvalue weighted by Gasteiger charge is 2.32. The number of carbonyl (C=O) groups is 1. The molecular formula is C18H22FN3O2. The fraction of sp³-hybridized carbons (Fsp3) is 0.444. The standard InChI is InChI=1S/C18H22FN3O2/c1-4-17(23)21-9-10-24-11-16(21)18-12(2)20-22(13(18)3)15-8-6-5-7-14(15)19/h5-8,16H,4,9-11H2,1-3H3. The zero-order chi connectivity index (χ0) is 17.3.